The summed E-state index contributed by atoms with van der Waals surface area (Å²) in [7, 11) is 0. The van der Waals surface area contributed by atoms with Crippen molar-refractivity contribution >= 4 is 39.7 Å². The van der Waals surface area contributed by atoms with E-state index in [0.717, 1.165) is 48.0 Å². The lowest BCUT2D eigenvalue weighted by molar-refractivity contribution is 0.0624. The highest BCUT2D eigenvalue weighted by Crippen LogP contribution is 2.23. The lowest BCUT2D eigenvalue weighted by atomic mass is 10.2. The molecule has 0 aliphatic carbocycles. The minimum absolute atomic E-state index is 0.0181. The van der Waals surface area contributed by atoms with Crippen molar-refractivity contribution in [1.82, 2.24) is 14.8 Å². The standard InChI is InChI=1S/C19H18ClN3OS/c20-18-8-6-15(25-18)13-22-9-11-23(12-10-22)19(24)17-7-5-14-3-1-2-4-16(14)21-17/h1-8H,9-13H2. The van der Waals surface area contributed by atoms with Gasteiger partial charge in [-0.1, -0.05) is 35.9 Å². The van der Waals surface area contributed by atoms with E-state index in [1.54, 1.807) is 11.3 Å². The van der Waals surface area contributed by atoms with Gasteiger partial charge in [-0.15, -0.1) is 11.3 Å². The maximum absolute atomic E-state index is 12.7. The number of fused-ring (bicyclic) bond motifs is 1. The largest absolute Gasteiger partial charge is 0.335 e. The van der Waals surface area contributed by atoms with Crippen molar-refractivity contribution in [3.05, 3.63) is 63.4 Å². The number of carbonyl (C=O) groups is 1. The van der Waals surface area contributed by atoms with E-state index in [0.29, 0.717) is 5.69 Å². The summed E-state index contributed by atoms with van der Waals surface area (Å²) < 4.78 is 0.825. The van der Waals surface area contributed by atoms with E-state index in [1.165, 1.54) is 4.88 Å². The van der Waals surface area contributed by atoms with Gasteiger partial charge in [0.2, 0.25) is 0 Å². The van der Waals surface area contributed by atoms with Gasteiger partial charge in [0, 0.05) is 43.0 Å². The SMILES string of the molecule is O=C(c1ccc2ccccc2n1)N1CCN(Cc2ccc(Cl)s2)CC1. The molecule has 3 heterocycles. The molecule has 0 saturated carbocycles. The molecule has 25 heavy (non-hydrogen) atoms. The first-order valence-corrected chi connectivity index (χ1v) is 9.50. The molecule has 1 aliphatic heterocycles. The summed E-state index contributed by atoms with van der Waals surface area (Å²) in [6, 6.07) is 15.7. The minimum Gasteiger partial charge on any atom is -0.335 e. The van der Waals surface area contributed by atoms with Crippen molar-refractivity contribution < 1.29 is 4.79 Å². The molecular weight excluding hydrogens is 354 g/mol. The Kier molecular flexibility index (Phi) is 4.70. The average Bonchev–Trinajstić information content (AvgIpc) is 3.06. The predicted molar refractivity (Wildman–Crippen MR) is 102 cm³/mol. The quantitative estimate of drug-likeness (QED) is 0.700. The van der Waals surface area contributed by atoms with E-state index in [2.05, 4.69) is 16.0 Å². The Bertz CT molecular complexity index is 902. The van der Waals surface area contributed by atoms with Crippen LogP contribution in [0.2, 0.25) is 4.34 Å². The molecule has 0 N–H and O–H groups in total. The molecule has 0 atom stereocenters. The molecule has 6 heteroatoms. The first kappa shape index (κ1) is 16.5. The predicted octanol–water partition coefficient (Wildman–Crippen LogP) is 3.91. The van der Waals surface area contributed by atoms with Crippen molar-refractivity contribution in [2.75, 3.05) is 26.2 Å². The molecule has 0 bridgehead atoms. The molecule has 0 radical (unpaired) electrons. The molecule has 1 fully saturated rings. The highest BCUT2D eigenvalue weighted by atomic mass is 35.5. The number of hydrogen-bond donors (Lipinski definition) is 0. The Morgan fingerprint density at radius 1 is 1.04 bits per heavy atom. The molecule has 1 aromatic carbocycles. The average molecular weight is 372 g/mol. The van der Waals surface area contributed by atoms with Crippen LogP contribution in [-0.4, -0.2) is 46.9 Å². The second-order valence-electron chi connectivity index (χ2n) is 6.16. The van der Waals surface area contributed by atoms with Crippen LogP contribution in [0.1, 0.15) is 15.4 Å². The van der Waals surface area contributed by atoms with Gasteiger partial charge in [-0.2, -0.15) is 0 Å². The van der Waals surface area contributed by atoms with Gasteiger partial charge in [-0.3, -0.25) is 9.69 Å². The normalized spacial score (nSPS) is 15.6. The molecule has 0 unspecified atom stereocenters. The van der Waals surface area contributed by atoms with E-state index >= 15 is 0 Å². The van der Waals surface area contributed by atoms with Crippen LogP contribution in [-0.2, 0) is 6.54 Å². The minimum atomic E-state index is 0.0181. The number of aromatic nitrogens is 1. The summed E-state index contributed by atoms with van der Waals surface area (Å²) in [6.07, 6.45) is 0. The second kappa shape index (κ2) is 7.12. The Hall–Kier alpha value is -1.95. The summed E-state index contributed by atoms with van der Waals surface area (Å²) in [5.41, 5.74) is 1.39. The Labute approximate surface area is 155 Å². The third kappa shape index (κ3) is 3.68. The summed E-state index contributed by atoms with van der Waals surface area (Å²) in [5, 5.41) is 1.05. The van der Waals surface area contributed by atoms with Crippen molar-refractivity contribution in [3.63, 3.8) is 0 Å². The molecular formula is C19H18ClN3OS. The van der Waals surface area contributed by atoms with E-state index < -0.39 is 0 Å². The van der Waals surface area contributed by atoms with E-state index in [4.69, 9.17) is 11.6 Å². The number of nitrogens with zero attached hydrogens (tertiary/aromatic N) is 3. The van der Waals surface area contributed by atoms with Crippen LogP contribution in [0.15, 0.2) is 48.5 Å². The first-order valence-electron chi connectivity index (χ1n) is 8.31. The van der Waals surface area contributed by atoms with Crippen LogP contribution in [0.4, 0.5) is 0 Å². The van der Waals surface area contributed by atoms with Crippen LogP contribution in [0.25, 0.3) is 10.9 Å². The number of amides is 1. The van der Waals surface area contributed by atoms with Crippen molar-refractivity contribution in [2.45, 2.75) is 6.54 Å². The fourth-order valence-corrected chi connectivity index (χ4v) is 4.24. The number of rotatable bonds is 3. The molecule has 0 spiro atoms. The highest BCUT2D eigenvalue weighted by molar-refractivity contribution is 7.16. The molecule has 4 nitrogen and oxygen atoms in total. The van der Waals surface area contributed by atoms with Gasteiger partial charge in [0.15, 0.2) is 0 Å². The molecule has 128 valence electrons. The number of carbonyl (C=O) groups excluding carboxylic acids is 1. The summed E-state index contributed by atoms with van der Waals surface area (Å²) >= 11 is 7.61. The van der Waals surface area contributed by atoms with Gasteiger partial charge in [-0.25, -0.2) is 4.98 Å². The van der Waals surface area contributed by atoms with Crippen molar-refractivity contribution in [3.8, 4) is 0 Å². The summed E-state index contributed by atoms with van der Waals surface area (Å²) in [6.45, 7) is 4.09. The van der Waals surface area contributed by atoms with Gasteiger partial charge < -0.3 is 4.90 Å². The van der Waals surface area contributed by atoms with E-state index in [1.807, 2.05) is 47.4 Å². The van der Waals surface area contributed by atoms with Gasteiger partial charge in [-0.05, 0) is 24.3 Å². The van der Waals surface area contributed by atoms with E-state index in [9.17, 15) is 4.79 Å². The van der Waals surface area contributed by atoms with Crippen LogP contribution >= 0.6 is 22.9 Å². The zero-order valence-corrected chi connectivity index (χ0v) is 15.3. The van der Waals surface area contributed by atoms with E-state index in [-0.39, 0.29) is 5.91 Å². The van der Waals surface area contributed by atoms with Gasteiger partial charge >= 0.3 is 0 Å². The molecule has 1 amide bonds. The molecule has 4 rings (SSSR count). The molecule has 2 aromatic heterocycles. The topological polar surface area (TPSA) is 36.4 Å². The lowest BCUT2D eigenvalue weighted by Crippen LogP contribution is -2.48. The Balaban J connectivity index is 1.40. The Morgan fingerprint density at radius 3 is 2.60 bits per heavy atom. The zero-order valence-electron chi connectivity index (χ0n) is 13.7. The third-order valence-corrected chi connectivity index (χ3v) is 5.70. The van der Waals surface area contributed by atoms with Crippen LogP contribution < -0.4 is 0 Å². The number of piperazine rings is 1. The van der Waals surface area contributed by atoms with Crippen LogP contribution in [0.3, 0.4) is 0 Å². The number of para-hydroxylation sites is 1. The summed E-state index contributed by atoms with van der Waals surface area (Å²) in [5.74, 6) is 0.0181. The highest BCUT2D eigenvalue weighted by Gasteiger charge is 2.23. The first-order chi connectivity index (χ1) is 12.2. The zero-order chi connectivity index (χ0) is 17.2. The number of halogens is 1. The van der Waals surface area contributed by atoms with Crippen LogP contribution in [0.5, 0.6) is 0 Å². The molecule has 3 aromatic rings. The van der Waals surface area contributed by atoms with Crippen molar-refractivity contribution in [1.29, 1.82) is 0 Å². The fourth-order valence-electron chi connectivity index (χ4n) is 3.11. The molecule has 1 aliphatic rings. The van der Waals surface area contributed by atoms with Gasteiger partial charge in [0.25, 0.3) is 5.91 Å². The van der Waals surface area contributed by atoms with Gasteiger partial charge in [0.1, 0.15) is 5.69 Å². The second-order valence-corrected chi connectivity index (χ2v) is 7.96. The Morgan fingerprint density at radius 2 is 1.84 bits per heavy atom. The fraction of sp³-hybridized carbons (Fsp3) is 0.263. The lowest BCUT2D eigenvalue weighted by Gasteiger charge is -2.34. The maximum atomic E-state index is 12.7. The monoisotopic (exact) mass is 371 g/mol. The third-order valence-electron chi connectivity index (χ3n) is 4.49. The number of pyridine rings is 1. The molecule has 1 saturated heterocycles. The number of hydrogen-bond acceptors (Lipinski definition) is 4. The number of benzene rings is 1. The van der Waals surface area contributed by atoms with Crippen molar-refractivity contribution in [2.24, 2.45) is 0 Å². The summed E-state index contributed by atoms with van der Waals surface area (Å²) in [4.78, 5) is 22.8. The van der Waals surface area contributed by atoms with Crippen LogP contribution in [0, 0.1) is 0 Å². The number of thiophene rings is 1. The van der Waals surface area contributed by atoms with Gasteiger partial charge in [0.05, 0.1) is 9.85 Å². The smallest absolute Gasteiger partial charge is 0.272 e. The maximum Gasteiger partial charge on any atom is 0.272 e.